The first-order valence-corrected chi connectivity index (χ1v) is 9.24. The maximum atomic E-state index is 12.1. The van der Waals surface area contributed by atoms with Gasteiger partial charge in [-0.2, -0.15) is 11.3 Å². The molecule has 130 valence electrons. The van der Waals surface area contributed by atoms with Crippen molar-refractivity contribution < 1.29 is 4.79 Å². The summed E-state index contributed by atoms with van der Waals surface area (Å²) in [5.41, 5.74) is 2.55. The van der Waals surface area contributed by atoms with Crippen LogP contribution in [-0.4, -0.2) is 43.7 Å². The number of urea groups is 1. The van der Waals surface area contributed by atoms with Crippen LogP contribution in [0.3, 0.4) is 0 Å². The van der Waals surface area contributed by atoms with E-state index in [0.717, 1.165) is 12.8 Å². The van der Waals surface area contributed by atoms with E-state index in [1.54, 1.807) is 11.3 Å². The van der Waals surface area contributed by atoms with Gasteiger partial charge >= 0.3 is 6.03 Å². The monoisotopic (exact) mass is 345 g/mol. The van der Waals surface area contributed by atoms with Crippen molar-refractivity contribution in [1.29, 1.82) is 0 Å². The van der Waals surface area contributed by atoms with Crippen LogP contribution in [-0.2, 0) is 12.8 Å². The summed E-state index contributed by atoms with van der Waals surface area (Å²) in [7, 11) is 4.10. The molecule has 1 heterocycles. The maximum absolute atomic E-state index is 12.1. The number of hydrogen-bond acceptors (Lipinski definition) is 3. The van der Waals surface area contributed by atoms with E-state index in [9.17, 15) is 4.79 Å². The zero-order chi connectivity index (χ0) is 17.4. The lowest BCUT2D eigenvalue weighted by Gasteiger charge is -2.25. The molecule has 0 fully saturated rings. The van der Waals surface area contributed by atoms with Gasteiger partial charge in [-0.3, -0.25) is 0 Å². The van der Waals surface area contributed by atoms with Crippen LogP contribution in [0.4, 0.5) is 4.79 Å². The van der Waals surface area contributed by atoms with E-state index in [4.69, 9.17) is 0 Å². The number of nitrogens with zero attached hydrogens (tertiary/aromatic N) is 1. The second-order valence-electron chi connectivity index (χ2n) is 6.40. The summed E-state index contributed by atoms with van der Waals surface area (Å²) in [6.07, 6.45) is 1.77. The van der Waals surface area contributed by atoms with E-state index >= 15 is 0 Å². The normalized spacial score (nSPS) is 13.5. The van der Waals surface area contributed by atoms with Crippen LogP contribution in [0.25, 0.3) is 0 Å². The highest BCUT2D eigenvalue weighted by atomic mass is 32.1. The molecule has 1 aromatic carbocycles. The van der Waals surface area contributed by atoms with Gasteiger partial charge in [0.1, 0.15) is 0 Å². The summed E-state index contributed by atoms with van der Waals surface area (Å²) in [4.78, 5) is 14.3. The number of thiophene rings is 1. The highest BCUT2D eigenvalue weighted by Gasteiger charge is 2.14. The molecule has 0 bridgehead atoms. The van der Waals surface area contributed by atoms with E-state index in [-0.39, 0.29) is 18.1 Å². The molecule has 0 aliphatic carbocycles. The Morgan fingerprint density at radius 1 is 1.12 bits per heavy atom. The van der Waals surface area contributed by atoms with E-state index in [1.165, 1.54) is 11.1 Å². The number of carbonyl (C=O) groups is 1. The standard InChI is InChI=1S/C19H27N3OS/c1-15(11-17-9-10-24-14-17)21-19(23)20-13-18(22(2)3)12-16-7-5-4-6-8-16/h4-10,14-15,18H,11-13H2,1-3H3,(H2,20,21,23)/t15-,18+/m1/s1. The minimum absolute atomic E-state index is 0.0994. The molecule has 2 atom stereocenters. The van der Waals surface area contributed by atoms with Crippen molar-refractivity contribution in [2.24, 2.45) is 0 Å². The van der Waals surface area contributed by atoms with Crippen LogP contribution in [0.1, 0.15) is 18.1 Å². The number of likely N-dealkylation sites (N-methyl/N-ethyl adjacent to an activating group) is 1. The summed E-state index contributed by atoms with van der Waals surface area (Å²) in [6, 6.07) is 12.8. The second-order valence-corrected chi connectivity index (χ2v) is 7.18. The molecule has 2 amide bonds. The Bertz CT molecular complexity index is 598. The first-order chi connectivity index (χ1) is 11.5. The minimum Gasteiger partial charge on any atom is -0.337 e. The first-order valence-electron chi connectivity index (χ1n) is 8.30. The smallest absolute Gasteiger partial charge is 0.315 e. The van der Waals surface area contributed by atoms with Crippen LogP contribution in [0.2, 0.25) is 0 Å². The quantitative estimate of drug-likeness (QED) is 0.772. The Morgan fingerprint density at radius 2 is 1.88 bits per heavy atom. The first kappa shape index (κ1) is 18.5. The molecule has 1 aromatic heterocycles. The third kappa shape index (κ3) is 6.34. The van der Waals surface area contributed by atoms with Crippen molar-refractivity contribution in [2.75, 3.05) is 20.6 Å². The van der Waals surface area contributed by atoms with Crippen molar-refractivity contribution >= 4 is 17.4 Å². The zero-order valence-electron chi connectivity index (χ0n) is 14.7. The van der Waals surface area contributed by atoms with Gasteiger partial charge in [0.05, 0.1) is 0 Å². The highest BCUT2D eigenvalue weighted by molar-refractivity contribution is 7.07. The molecule has 0 saturated carbocycles. The summed E-state index contributed by atoms with van der Waals surface area (Å²) < 4.78 is 0. The van der Waals surface area contributed by atoms with Crippen LogP contribution >= 0.6 is 11.3 Å². The van der Waals surface area contributed by atoms with Gasteiger partial charge in [-0.1, -0.05) is 30.3 Å². The maximum Gasteiger partial charge on any atom is 0.315 e. The molecular formula is C19H27N3OS. The Hall–Kier alpha value is -1.85. The molecule has 0 radical (unpaired) electrons. The highest BCUT2D eigenvalue weighted by Crippen LogP contribution is 2.09. The summed E-state index contributed by atoms with van der Waals surface area (Å²) in [5, 5.41) is 10.2. The zero-order valence-corrected chi connectivity index (χ0v) is 15.5. The molecular weight excluding hydrogens is 318 g/mol. The number of benzene rings is 1. The molecule has 0 aliphatic heterocycles. The van der Waals surface area contributed by atoms with Gasteiger partial charge in [0.2, 0.25) is 0 Å². The largest absolute Gasteiger partial charge is 0.337 e. The average Bonchev–Trinajstić information content (AvgIpc) is 3.04. The Balaban J connectivity index is 1.77. The molecule has 5 heteroatoms. The van der Waals surface area contributed by atoms with Gasteiger partial charge in [-0.05, 0) is 61.8 Å². The number of rotatable bonds is 8. The van der Waals surface area contributed by atoms with Crippen LogP contribution < -0.4 is 10.6 Å². The SMILES string of the molecule is C[C@H](Cc1ccsc1)NC(=O)NC[C@H](Cc1ccccc1)N(C)C. The van der Waals surface area contributed by atoms with Gasteiger partial charge in [0.25, 0.3) is 0 Å². The lowest BCUT2D eigenvalue weighted by atomic mass is 10.1. The molecule has 4 nitrogen and oxygen atoms in total. The summed E-state index contributed by atoms with van der Waals surface area (Å²) >= 11 is 1.68. The van der Waals surface area contributed by atoms with Crippen molar-refractivity contribution in [1.82, 2.24) is 15.5 Å². The van der Waals surface area contributed by atoms with Gasteiger partial charge < -0.3 is 15.5 Å². The van der Waals surface area contributed by atoms with Gasteiger partial charge in [0, 0.05) is 18.6 Å². The predicted octanol–water partition coefficient (Wildman–Crippen LogP) is 3.15. The van der Waals surface area contributed by atoms with Gasteiger partial charge in [-0.15, -0.1) is 0 Å². The van der Waals surface area contributed by atoms with Crippen molar-refractivity contribution in [3.63, 3.8) is 0 Å². The molecule has 2 rings (SSSR count). The number of carbonyl (C=O) groups excluding carboxylic acids is 1. The molecule has 0 saturated heterocycles. The van der Waals surface area contributed by atoms with E-state index in [0.29, 0.717) is 6.54 Å². The third-order valence-corrected chi connectivity index (χ3v) is 4.77. The van der Waals surface area contributed by atoms with Crippen molar-refractivity contribution in [3.05, 3.63) is 58.3 Å². The summed E-state index contributed by atoms with van der Waals surface area (Å²) in [5.74, 6) is 0. The average molecular weight is 346 g/mol. The Kier molecular flexibility index (Phi) is 7.28. The number of nitrogens with one attached hydrogen (secondary N) is 2. The fraction of sp³-hybridized carbons (Fsp3) is 0.421. The van der Waals surface area contributed by atoms with E-state index < -0.39 is 0 Å². The molecule has 0 aliphatic rings. The van der Waals surface area contributed by atoms with E-state index in [1.807, 2.05) is 39.2 Å². The molecule has 2 aromatic rings. The Morgan fingerprint density at radius 3 is 2.50 bits per heavy atom. The van der Waals surface area contributed by atoms with Crippen LogP contribution in [0.5, 0.6) is 0 Å². The second kappa shape index (κ2) is 9.45. The molecule has 0 unspecified atom stereocenters. The number of amides is 2. The fourth-order valence-electron chi connectivity index (χ4n) is 2.62. The number of hydrogen-bond donors (Lipinski definition) is 2. The minimum atomic E-state index is -0.0994. The van der Waals surface area contributed by atoms with Crippen LogP contribution in [0, 0.1) is 0 Å². The molecule has 0 spiro atoms. The van der Waals surface area contributed by atoms with Crippen LogP contribution in [0.15, 0.2) is 47.2 Å². The van der Waals surface area contributed by atoms with Gasteiger partial charge in [-0.25, -0.2) is 4.79 Å². The molecule has 2 N–H and O–H groups in total. The predicted molar refractivity (Wildman–Crippen MR) is 102 cm³/mol. The molecule has 24 heavy (non-hydrogen) atoms. The lowest BCUT2D eigenvalue weighted by molar-refractivity contribution is 0.229. The van der Waals surface area contributed by atoms with Crippen molar-refractivity contribution in [2.45, 2.75) is 31.8 Å². The fourth-order valence-corrected chi connectivity index (χ4v) is 3.30. The Labute approximate surface area is 148 Å². The lowest BCUT2D eigenvalue weighted by Crippen LogP contribution is -2.47. The van der Waals surface area contributed by atoms with Gasteiger partial charge in [0.15, 0.2) is 0 Å². The van der Waals surface area contributed by atoms with E-state index in [2.05, 4.69) is 44.5 Å². The summed E-state index contributed by atoms with van der Waals surface area (Å²) in [6.45, 7) is 2.66. The third-order valence-electron chi connectivity index (χ3n) is 4.04. The van der Waals surface area contributed by atoms with Crippen molar-refractivity contribution in [3.8, 4) is 0 Å². The topological polar surface area (TPSA) is 44.4 Å².